The Kier molecular flexibility index (Phi) is 5.07. The van der Waals surface area contributed by atoms with Crippen LogP contribution in [0.2, 0.25) is 0 Å². The lowest BCUT2D eigenvalue weighted by Crippen LogP contribution is -2.19. The van der Waals surface area contributed by atoms with E-state index in [9.17, 15) is 13.6 Å². The fraction of sp³-hybridized carbons (Fsp3) is 0.0400. The Morgan fingerprint density at radius 1 is 1.00 bits per heavy atom. The Morgan fingerprint density at radius 3 is 2.74 bits per heavy atom. The van der Waals surface area contributed by atoms with Crippen molar-refractivity contribution >= 4 is 44.3 Å². The van der Waals surface area contributed by atoms with Gasteiger partial charge in [0.25, 0.3) is 0 Å². The van der Waals surface area contributed by atoms with Crippen molar-refractivity contribution < 1.29 is 18.0 Å². The first-order valence-electron chi connectivity index (χ1n) is 10.6. The van der Waals surface area contributed by atoms with Gasteiger partial charge >= 0.3 is 0 Å². The Bertz CT molecular complexity index is 1720. The molecule has 10 heteroatoms. The summed E-state index contributed by atoms with van der Waals surface area (Å²) in [6.45, 7) is -0.141. The van der Waals surface area contributed by atoms with Crippen molar-refractivity contribution in [3.8, 4) is 22.5 Å². The van der Waals surface area contributed by atoms with Crippen LogP contribution in [0.1, 0.15) is 0 Å². The van der Waals surface area contributed by atoms with Crippen molar-refractivity contribution in [2.24, 2.45) is 0 Å². The third-order valence-electron chi connectivity index (χ3n) is 5.47. The van der Waals surface area contributed by atoms with Crippen LogP contribution in [0, 0.1) is 11.6 Å². The molecule has 0 aliphatic heterocycles. The molecule has 0 fully saturated rings. The Hall–Kier alpha value is -4.44. The number of fused-ring (bicyclic) bond motifs is 3. The summed E-state index contributed by atoms with van der Waals surface area (Å²) in [4.78, 5) is 17.0. The average Bonchev–Trinajstić information content (AvgIpc) is 3.57. The lowest BCUT2D eigenvalue weighted by Gasteiger charge is -2.01. The predicted octanol–water partition coefficient (Wildman–Crippen LogP) is 5.88. The molecule has 0 atom stereocenters. The monoisotopic (exact) mass is 487 g/mol. The molecule has 3 aromatic heterocycles. The number of aromatic nitrogens is 4. The quantitative estimate of drug-likeness (QED) is 0.328. The van der Waals surface area contributed by atoms with E-state index in [2.05, 4.69) is 20.6 Å². The molecular formula is C25H15F2N5O2S. The largest absolute Gasteiger partial charge is 0.456 e. The molecule has 7 nitrogen and oxygen atoms in total. The molecule has 0 unspecified atom stereocenters. The van der Waals surface area contributed by atoms with Gasteiger partial charge in [0.15, 0.2) is 5.13 Å². The van der Waals surface area contributed by atoms with Gasteiger partial charge < -0.3 is 9.73 Å². The molecule has 0 aliphatic rings. The summed E-state index contributed by atoms with van der Waals surface area (Å²) in [5.41, 5.74) is 3.56. The van der Waals surface area contributed by atoms with Crippen molar-refractivity contribution in [2.75, 3.05) is 5.32 Å². The van der Waals surface area contributed by atoms with Crippen molar-refractivity contribution in [1.29, 1.82) is 0 Å². The van der Waals surface area contributed by atoms with Crippen LogP contribution < -0.4 is 5.32 Å². The molecule has 0 saturated heterocycles. The number of para-hydroxylation sites is 1. The number of nitrogens with one attached hydrogen (secondary N) is 1. The van der Waals surface area contributed by atoms with Crippen molar-refractivity contribution in [2.45, 2.75) is 6.54 Å². The van der Waals surface area contributed by atoms with E-state index in [1.54, 1.807) is 0 Å². The molecule has 3 heterocycles. The first-order chi connectivity index (χ1) is 17.0. The van der Waals surface area contributed by atoms with Crippen LogP contribution in [0.3, 0.4) is 0 Å². The zero-order chi connectivity index (χ0) is 23.9. The molecule has 6 rings (SSSR count). The summed E-state index contributed by atoms with van der Waals surface area (Å²) in [5, 5.41) is 14.8. The van der Waals surface area contributed by atoms with E-state index in [0.717, 1.165) is 45.3 Å². The van der Waals surface area contributed by atoms with Gasteiger partial charge in [0.2, 0.25) is 5.91 Å². The van der Waals surface area contributed by atoms with Gasteiger partial charge in [-0.15, -0.1) is 16.4 Å². The highest BCUT2D eigenvalue weighted by Crippen LogP contribution is 2.33. The number of carbonyl (C=O) groups excluding carboxylic acids is 1. The van der Waals surface area contributed by atoms with E-state index < -0.39 is 11.6 Å². The molecule has 0 radical (unpaired) electrons. The topological polar surface area (TPSA) is 85.8 Å². The number of benzene rings is 3. The SMILES string of the molecule is O=C(Cn1cc(-c2ccc(F)cc2F)nn1)Nc1nc(-c2ccc3oc4ccccc4c3c2)cs1. The number of anilines is 1. The maximum absolute atomic E-state index is 14.0. The van der Waals surface area contributed by atoms with Crippen LogP contribution in [0.4, 0.5) is 13.9 Å². The molecule has 172 valence electrons. The Labute approximate surface area is 200 Å². The smallest absolute Gasteiger partial charge is 0.247 e. The molecule has 0 spiro atoms. The Morgan fingerprint density at radius 2 is 1.86 bits per heavy atom. The summed E-state index contributed by atoms with van der Waals surface area (Å²) in [6.07, 6.45) is 1.42. The molecule has 35 heavy (non-hydrogen) atoms. The maximum Gasteiger partial charge on any atom is 0.247 e. The molecule has 3 aromatic carbocycles. The van der Waals surface area contributed by atoms with Crippen molar-refractivity contribution in [1.82, 2.24) is 20.0 Å². The summed E-state index contributed by atoms with van der Waals surface area (Å²) >= 11 is 1.30. The first-order valence-corrected chi connectivity index (χ1v) is 11.4. The normalized spacial score (nSPS) is 11.4. The van der Waals surface area contributed by atoms with E-state index in [-0.39, 0.29) is 23.7 Å². The zero-order valence-electron chi connectivity index (χ0n) is 17.9. The molecule has 6 aromatic rings. The minimum absolute atomic E-state index is 0.102. The lowest BCUT2D eigenvalue weighted by atomic mass is 10.1. The second-order valence-corrected chi connectivity index (χ2v) is 8.68. The highest BCUT2D eigenvalue weighted by atomic mass is 32.1. The molecule has 0 saturated carbocycles. The summed E-state index contributed by atoms with van der Waals surface area (Å²) in [5.74, 6) is -1.80. The summed E-state index contributed by atoms with van der Waals surface area (Å²) < 4.78 is 34.3. The fourth-order valence-electron chi connectivity index (χ4n) is 3.85. The van der Waals surface area contributed by atoms with Gasteiger partial charge in [0.1, 0.15) is 35.0 Å². The number of carbonyl (C=O) groups is 1. The molecule has 1 N–H and O–H groups in total. The predicted molar refractivity (Wildman–Crippen MR) is 129 cm³/mol. The molecule has 0 aliphatic carbocycles. The fourth-order valence-corrected chi connectivity index (χ4v) is 4.59. The van der Waals surface area contributed by atoms with Gasteiger partial charge in [0, 0.05) is 33.3 Å². The number of halogens is 2. The number of hydrogen-bond acceptors (Lipinski definition) is 6. The average molecular weight is 487 g/mol. The van der Waals surface area contributed by atoms with E-state index in [0.29, 0.717) is 5.13 Å². The van der Waals surface area contributed by atoms with E-state index in [4.69, 9.17) is 4.42 Å². The van der Waals surface area contributed by atoms with E-state index >= 15 is 0 Å². The second-order valence-electron chi connectivity index (χ2n) is 7.82. The molecule has 0 bridgehead atoms. The lowest BCUT2D eigenvalue weighted by molar-refractivity contribution is -0.116. The zero-order valence-corrected chi connectivity index (χ0v) is 18.7. The minimum atomic E-state index is -0.751. The van der Waals surface area contributed by atoms with Gasteiger partial charge in [-0.3, -0.25) is 4.79 Å². The maximum atomic E-state index is 14.0. The highest BCUT2D eigenvalue weighted by molar-refractivity contribution is 7.14. The van der Waals surface area contributed by atoms with Crippen LogP contribution in [-0.4, -0.2) is 25.9 Å². The number of nitrogens with zero attached hydrogens (tertiary/aromatic N) is 4. The number of hydrogen-bond donors (Lipinski definition) is 1. The Balaban J connectivity index is 1.17. The van der Waals surface area contributed by atoms with Crippen LogP contribution in [0.25, 0.3) is 44.5 Å². The van der Waals surface area contributed by atoms with Crippen LogP contribution >= 0.6 is 11.3 Å². The highest BCUT2D eigenvalue weighted by Gasteiger charge is 2.14. The van der Waals surface area contributed by atoms with Gasteiger partial charge in [-0.25, -0.2) is 18.4 Å². The van der Waals surface area contributed by atoms with Crippen LogP contribution in [0.5, 0.6) is 0 Å². The van der Waals surface area contributed by atoms with E-state index in [1.807, 2.05) is 47.8 Å². The summed E-state index contributed by atoms with van der Waals surface area (Å²) in [7, 11) is 0. The number of rotatable bonds is 5. The standard InChI is InChI=1S/C25H15F2N5O2S/c26-15-6-7-17(19(27)10-15)20-11-32(31-30-20)12-24(33)29-25-28-21(13-35-25)14-5-8-23-18(9-14)16-3-1-2-4-22(16)34-23/h1-11,13H,12H2,(H,28,29,33). The minimum Gasteiger partial charge on any atom is -0.456 e. The second kappa shape index (κ2) is 8.41. The van der Waals surface area contributed by atoms with Gasteiger partial charge in [-0.2, -0.15) is 0 Å². The number of furan rings is 1. The van der Waals surface area contributed by atoms with Crippen LogP contribution in [0.15, 0.2) is 76.7 Å². The third kappa shape index (κ3) is 4.04. The number of thiazole rings is 1. The first kappa shape index (κ1) is 21.1. The van der Waals surface area contributed by atoms with Crippen molar-refractivity contribution in [3.05, 3.63) is 83.9 Å². The van der Waals surface area contributed by atoms with E-state index in [1.165, 1.54) is 28.3 Å². The molecule has 1 amide bonds. The molecular weight excluding hydrogens is 472 g/mol. The van der Waals surface area contributed by atoms with Gasteiger partial charge in [0.05, 0.1) is 11.9 Å². The van der Waals surface area contributed by atoms with Gasteiger partial charge in [-0.05, 0) is 36.4 Å². The van der Waals surface area contributed by atoms with Crippen LogP contribution in [-0.2, 0) is 11.3 Å². The van der Waals surface area contributed by atoms with Crippen molar-refractivity contribution in [3.63, 3.8) is 0 Å². The third-order valence-corrected chi connectivity index (χ3v) is 6.23. The van der Waals surface area contributed by atoms with Gasteiger partial charge in [-0.1, -0.05) is 23.4 Å². The number of amides is 1. The summed E-state index contributed by atoms with van der Waals surface area (Å²) in [6, 6.07) is 16.9.